The minimum atomic E-state index is -3.37. The lowest BCUT2D eigenvalue weighted by molar-refractivity contribution is -0.195. The normalized spacial score (nSPS) is 21.6. The minimum Gasteiger partial charge on any atom is -0.367 e. The summed E-state index contributed by atoms with van der Waals surface area (Å²) in [5.41, 5.74) is -0.516. The fraction of sp³-hybridized carbons (Fsp3) is 0.917. The Balaban J connectivity index is 2.29. The van der Waals surface area contributed by atoms with Crippen LogP contribution in [0.2, 0.25) is 0 Å². The summed E-state index contributed by atoms with van der Waals surface area (Å²) in [4.78, 5) is 17.0. The number of hydroxylamine groups is 2. The number of hydrogen-bond donors (Lipinski definition) is 0. The van der Waals surface area contributed by atoms with E-state index < -0.39 is 15.5 Å². The molecule has 112 valence electrons. The molecule has 0 aromatic rings. The molecule has 1 saturated heterocycles. The van der Waals surface area contributed by atoms with Gasteiger partial charge in [-0.2, -0.15) is 8.42 Å². The Morgan fingerprint density at radius 2 is 2.00 bits per heavy atom. The highest BCUT2D eigenvalue weighted by Crippen LogP contribution is 2.23. The molecule has 1 atom stereocenters. The maximum Gasteiger partial charge on any atom is 0.330 e. The molecule has 0 amide bonds. The van der Waals surface area contributed by atoms with Gasteiger partial charge >= 0.3 is 5.97 Å². The predicted octanol–water partition coefficient (Wildman–Crippen LogP) is 1.18. The molecule has 0 aromatic carbocycles. The molecule has 0 unspecified atom stereocenters. The number of nitrogens with zero attached hydrogens (tertiary/aromatic N) is 1. The highest BCUT2D eigenvalue weighted by atomic mass is 32.2. The lowest BCUT2D eigenvalue weighted by Gasteiger charge is -2.21. The zero-order valence-corrected chi connectivity index (χ0v) is 12.8. The van der Waals surface area contributed by atoms with E-state index in [0.717, 1.165) is 12.7 Å². The van der Waals surface area contributed by atoms with Gasteiger partial charge in [0.2, 0.25) is 0 Å². The quantitative estimate of drug-likeness (QED) is 0.709. The SMILES string of the molecule is CC(C)(C)C(=O)ON1CC[C@H](CCOS(C)(=O)=O)C1. The van der Waals surface area contributed by atoms with Gasteiger partial charge in [-0.3, -0.25) is 4.18 Å². The van der Waals surface area contributed by atoms with E-state index >= 15 is 0 Å². The van der Waals surface area contributed by atoms with Crippen LogP contribution >= 0.6 is 0 Å². The molecule has 0 bridgehead atoms. The first kappa shape index (κ1) is 16.4. The lowest BCUT2D eigenvalue weighted by atomic mass is 9.98. The summed E-state index contributed by atoms with van der Waals surface area (Å²) < 4.78 is 26.4. The van der Waals surface area contributed by atoms with Crippen LogP contribution in [0, 0.1) is 11.3 Å². The van der Waals surface area contributed by atoms with Crippen molar-refractivity contribution in [3.05, 3.63) is 0 Å². The van der Waals surface area contributed by atoms with Crippen LogP contribution in [0.25, 0.3) is 0 Å². The Hall–Kier alpha value is -0.660. The number of carbonyl (C=O) groups is 1. The molecule has 1 aliphatic heterocycles. The molecule has 1 heterocycles. The van der Waals surface area contributed by atoms with Crippen LogP contribution in [-0.2, 0) is 23.9 Å². The van der Waals surface area contributed by atoms with Gasteiger partial charge < -0.3 is 4.84 Å². The van der Waals surface area contributed by atoms with Crippen molar-refractivity contribution in [2.45, 2.75) is 33.6 Å². The monoisotopic (exact) mass is 293 g/mol. The van der Waals surface area contributed by atoms with Crippen molar-refractivity contribution in [1.82, 2.24) is 5.06 Å². The van der Waals surface area contributed by atoms with Crippen LogP contribution in [0.3, 0.4) is 0 Å². The zero-order chi connectivity index (χ0) is 14.7. The second-order valence-electron chi connectivity index (χ2n) is 5.99. The number of carbonyl (C=O) groups excluding carboxylic acids is 1. The fourth-order valence-electron chi connectivity index (χ4n) is 1.74. The van der Waals surface area contributed by atoms with Gasteiger partial charge in [0, 0.05) is 13.1 Å². The van der Waals surface area contributed by atoms with E-state index in [9.17, 15) is 13.2 Å². The van der Waals surface area contributed by atoms with Crippen molar-refractivity contribution in [1.29, 1.82) is 0 Å². The Bertz CT molecular complexity index is 412. The summed E-state index contributed by atoms with van der Waals surface area (Å²) in [5.74, 6) is 0.0510. The van der Waals surface area contributed by atoms with E-state index in [1.807, 2.05) is 20.8 Å². The molecule has 6 nitrogen and oxygen atoms in total. The third kappa shape index (κ3) is 6.35. The van der Waals surface area contributed by atoms with Gasteiger partial charge in [-0.1, -0.05) is 0 Å². The molecule has 7 heteroatoms. The molecular formula is C12H23NO5S. The molecule has 1 rings (SSSR count). The van der Waals surface area contributed by atoms with Crippen LogP contribution in [-0.4, -0.2) is 45.4 Å². The molecule has 0 aromatic heterocycles. The summed E-state index contributed by atoms with van der Waals surface area (Å²) in [7, 11) is -3.37. The summed E-state index contributed by atoms with van der Waals surface area (Å²) in [5, 5.41) is 1.65. The molecule has 0 N–H and O–H groups in total. The standard InChI is InChI=1S/C12H23NO5S/c1-12(2,3)11(14)18-13-7-5-10(9-13)6-8-17-19(4,15)16/h10H,5-9H2,1-4H3/t10-/m1/s1. The van der Waals surface area contributed by atoms with E-state index in [1.165, 1.54) is 0 Å². The van der Waals surface area contributed by atoms with E-state index in [-0.39, 0.29) is 12.6 Å². The average molecular weight is 293 g/mol. The molecule has 1 fully saturated rings. The van der Waals surface area contributed by atoms with E-state index in [2.05, 4.69) is 0 Å². The molecule has 0 radical (unpaired) electrons. The van der Waals surface area contributed by atoms with Gasteiger partial charge in [-0.25, -0.2) is 4.79 Å². The summed E-state index contributed by atoms with van der Waals surface area (Å²) in [6, 6.07) is 0. The Morgan fingerprint density at radius 3 is 2.53 bits per heavy atom. The largest absolute Gasteiger partial charge is 0.367 e. The first-order valence-electron chi connectivity index (χ1n) is 6.39. The van der Waals surface area contributed by atoms with E-state index in [4.69, 9.17) is 9.02 Å². The molecule has 19 heavy (non-hydrogen) atoms. The fourth-order valence-corrected chi connectivity index (χ4v) is 2.13. The molecule has 0 aliphatic carbocycles. The first-order chi connectivity index (χ1) is 8.58. The van der Waals surface area contributed by atoms with Crippen molar-refractivity contribution >= 4 is 16.1 Å². The second-order valence-corrected chi connectivity index (χ2v) is 7.63. The first-order valence-corrected chi connectivity index (χ1v) is 8.21. The second kappa shape index (κ2) is 6.19. The summed E-state index contributed by atoms with van der Waals surface area (Å²) in [6.45, 7) is 6.93. The topological polar surface area (TPSA) is 72.9 Å². The predicted molar refractivity (Wildman–Crippen MR) is 70.6 cm³/mol. The zero-order valence-electron chi connectivity index (χ0n) is 12.0. The van der Waals surface area contributed by atoms with E-state index in [1.54, 1.807) is 5.06 Å². The highest BCUT2D eigenvalue weighted by molar-refractivity contribution is 7.85. The smallest absolute Gasteiger partial charge is 0.330 e. The third-order valence-corrected chi connectivity index (χ3v) is 3.49. The maximum absolute atomic E-state index is 11.7. The van der Waals surface area contributed by atoms with E-state index in [0.29, 0.717) is 25.4 Å². The third-order valence-electron chi connectivity index (χ3n) is 2.90. The summed E-state index contributed by atoms with van der Waals surface area (Å²) >= 11 is 0. The van der Waals surface area contributed by atoms with Crippen LogP contribution < -0.4 is 0 Å². The van der Waals surface area contributed by atoms with Gasteiger partial charge in [0.1, 0.15) is 0 Å². The lowest BCUT2D eigenvalue weighted by Crippen LogP contribution is -2.32. The van der Waals surface area contributed by atoms with Crippen molar-refractivity contribution in [2.75, 3.05) is 26.0 Å². The van der Waals surface area contributed by atoms with Gasteiger partial charge in [-0.05, 0) is 39.5 Å². The van der Waals surface area contributed by atoms with Gasteiger partial charge in [0.25, 0.3) is 10.1 Å². The number of rotatable bonds is 5. The summed E-state index contributed by atoms with van der Waals surface area (Å²) in [6.07, 6.45) is 2.57. The van der Waals surface area contributed by atoms with Gasteiger partial charge in [0.15, 0.2) is 0 Å². The number of hydrogen-bond acceptors (Lipinski definition) is 6. The van der Waals surface area contributed by atoms with Crippen LogP contribution in [0.15, 0.2) is 0 Å². The molecular weight excluding hydrogens is 270 g/mol. The van der Waals surface area contributed by atoms with Crippen LogP contribution in [0.5, 0.6) is 0 Å². The Morgan fingerprint density at radius 1 is 1.37 bits per heavy atom. The molecule has 0 spiro atoms. The van der Waals surface area contributed by atoms with Crippen molar-refractivity contribution in [3.63, 3.8) is 0 Å². The maximum atomic E-state index is 11.7. The minimum absolute atomic E-state index is 0.185. The van der Waals surface area contributed by atoms with Gasteiger partial charge in [-0.15, -0.1) is 5.06 Å². The van der Waals surface area contributed by atoms with Crippen molar-refractivity contribution < 1.29 is 22.2 Å². The Labute approximate surface area is 115 Å². The average Bonchev–Trinajstić information content (AvgIpc) is 2.62. The van der Waals surface area contributed by atoms with Crippen LogP contribution in [0.1, 0.15) is 33.6 Å². The highest BCUT2D eigenvalue weighted by Gasteiger charge is 2.30. The van der Waals surface area contributed by atoms with Crippen molar-refractivity contribution in [2.24, 2.45) is 11.3 Å². The van der Waals surface area contributed by atoms with Crippen LogP contribution in [0.4, 0.5) is 0 Å². The van der Waals surface area contributed by atoms with Gasteiger partial charge in [0.05, 0.1) is 18.3 Å². The van der Waals surface area contributed by atoms with Crippen molar-refractivity contribution in [3.8, 4) is 0 Å². The Kier molecular flexibility index (Phi) is 5.34. The molecule has 0 saturated carbocycles. The molecule has 1 aliphatic rings.